The van der Waals surface area contributed by atoms with Crippen LogP contribution in [-0.2, 0) is 9.59 Å². The molecule has 4 amide bonds. The molecule has 0 radical (unpaired) electrons. The summed E-state index contributed by atoms with van der Waals surface area (Å²) in [6.07, 6.45) is 8.51. The molecule has 1 aliphatic heterocycles. The second-order valence-corrected chi connectivity index (χ2v) is 6.39. The number of rotatable bonds is 5. The topological polar surface area (TPSA) is 66.5 Å². The Balaban J connectivity index is 1.63. The predicted octanol–water partition coefficient (Wildman–Crippen LogP) is 2.06. The molecule has 2 saturated carbocycles. The minimum absolute atomic E-state index is 0.126. The molecule has 1 atom stereocenters. The number of barbiturate groups is 1. The lowest BCUT2D eigenvalue weighted by atomic mass is 9.87. The molecule has 1 saturated heterocycles. The van der Waals surface area contributed by atoms with Gasteiger partial charge in [-0.05, 0) is 37.5 Å². The minimum Gasteiger partial charge on any atom is -0.277 e. The third kappa shape index (κ3) is 2.72. The van der Waals surface area contributed by atoms with Crippen LogP contribution in [0.4, 0.5) is 4.79 Å². The average molecular weight is 278 g/mol. The van der Waals surface area contributed by atoms with E-state index >= 15 is 0 Å². The van der Waals surface area contributed by atoms with E-state index in [4.69, 9.17) is 0 Å². The maximum atomic E-state index is 12.5. The molecule has 0 aromatic rings. The van der Waals surface area contributed by atoms with Crippen molar-refractivity contribution in [3.8, 4) is 0 Å². The first-order valence-electron chi connectivity index (χ1n) is 7.83. The number of hydrogen-bond acceptors (Lipinski definition) is 3. The van der Waals surface area contributed by atoms with E-state index in [9.17, 15) is 14.4 Å². The van der Waals surface area contributed by atoms with Crippen molar-refractivity contribution in [2.24, 2.45) is 17.8 Å². The van der Waals surface area contributed by atoms with Crippen LogP contribution in [0.25, 0.3) is 0 Å². The normalized spacial score (nSPS) is 28.1. The van der Waals surface area contributed by atoms with Crippen molar-refractivity contribution in [2.75, 3.05) is 6.54 Å². The second kappa shape index (κ2) is 5.54. The van der Waals surface area contributed by atoms with Crippen molar-refractivity contribution < 1.29 is 14.4 Å². The summed E-state index contributed by atoms with van der Waals surface area (Å²) < 4.78 is 0. The smallest absolute Gasteiger partial charge is 0.277 e. The number of carbonyl (C=O) groups excluding carboxylic acids is 3. The van der Waals surface area contributed by atoms with Gasteiger partial charge in [-0.15, -0.1) is 0 Å². The lowest BCUT2D eigenvalue weighted by molar-refractivity contribution is -0.145. The molecular formula is C15H22N2O3. The fourth-order valence-electron chi connectivity index (χ4n) is 3.49. The summed E-state index contributed by atoms with van der Waals surface area (Å²) in [5.74, 6) is -0.352. The molecule has 0 spiro atoms. The molecule has 110 valence electrons. The van der Waals surface area contributed by atoms with Gasteiger partial charge in [0.1, 0.15) is 5.92 Å². The highest BCUT2D eigenvalue weighted by molar-refractivity contribution is 6.16. The highest BCUT2D eigenvalue weighted by atomic mass is 16.2. The molecule has 5 nitrogen and oxygen atoms in total. The van der Waals surface area contributed by atoms with E-state index in [0.29, 0.717) is 6.54 Å². The summed E-state index contributed by atoms with van der Waals surface area (Å²) in [6, 6.07) is -0.523. The van der Waals surface area contributed by atoms with Crippen LogP contribution >= 0.6 is 0 Å². The van der Waals surface area contributed by atoms with Gasteiger partial charge in [0.25, 0.3) is 0 Å². The third-order valence-electron chi connectivity index (χ3n) is 4.85. The lowest BCUT2D eigenvalue weighted by Gasteiger charge is -2.32. The van der Waals surface area contributed by atoms with E-state index in [1.807, 2.05) is 0 Å². The SMILES string of the molecule is O=C1NC(=O)N(CCCC2CC2)C(=O)C1C1CCCC1. The standard InChI is InChI=1S/C15H22N2O3/c18-13-12(11-5-1-2-6-11)14(19)17(15(20)16-13)9-3-4-10-7-8-10/h10-12H,1-9H2,(H,16,18,20). The molecule has 1 unspecified atom stereocenters. The number of urea groups is 1. The molecule has 0 aromatic heterocycles. The van der Waals surface area contributed by atoms with Crippen molar-refractivity contribution >= 4 is 17.8 Å². The van der Waals surface area contributed by atoms with Gasteiger partial charge >= 0.3 is 6.03 Å². The first-order valence-corrected chi connectivity index (χ1v) is 7.83. The Hall–Kier alpha value is -1.39. The van der Waals surface area contributed by atoms with Crippen LogP contribution in [0, 0.1) is 17.8 Å². The van der Waals surface area contributed by atoms with Gasteiger partial charge < -0.3 is 0 Å². The van der Waals surface area contributed by atoms with Crippen LogP contribution in [0.3, 0.4) is 0 Å². The van der Waals surface area contributed by atoms with Crippen molar-refractivity contribution in [2.45, 2.75) is 51.4 Å². The summed E-state index contributed by atoms with van der Waals surface area (Å²) in [5, 5.41) is 2.37. The monoisotopic (exact) mass is 278 g/mol. The number of hydrogen-bond donors (Lipinski definition) is 1. The van der Waals surface area contributed by atoms with Crippen molar-refractivity contribution in [3.05, 3.63) is 0 Å². The molecule has 0 bridgehead atoms. The summed E-state index contributed by atoms with van der Waals surface area (Å²) in [4.78, 5) is 37.5. The molecule has 20 heavy (non-hydrogen) atoms. The summed E-state index contributed by atoms with van der Waals surface area (Å²) in [6.45, 7) is 0.456. The zero-order valence-corrected chi connectivity index (χ0v) is 11.8. The van der Waals surface area contributed by atoms with Gasteiger partial charge in [0, 0.05) is 6.54 Å². The quantitative estimate of drug-likeness (QED) is 0.783. The van der Waals surface area contributed by atoms with Gasteiger partial charge in [0.2, 0.25) is 11.8 Å². The maximum absolute atomic E-state index is 12.5. The zero-order valence-electron chi connectivity index (χ0n) is 11.8. The molecule has 2 aliphatic carbocycles. The lowest BCUT2D eigenvalue weighted by Crippen LogP contribution is -2.59. The molecule has 3 fully saturated rings. The Morgan fingerprint density at radius 3 is 2.40 bits per heavy atom. The van der Waals surface area contributed by atoms with E-state index < -0.39 is 11.9 Å². The average Bonchev–Trinajstić information content (AvgIpc) is 3.07. The Kier molecular flexibility index (Phi) is 3.76. The van der Waals surface area contributed by atoms with Gasteiger partial charge in [-0.1, -0.05) is 25.7 Å². The maximum Gasteiger partial charge on any atom is 0.330 e. The predicted molar refractivity (Wildman–Crippen MR) is 72.7 cm³/mol. The molecule has 3 rings (SSSR count). The van der Waals surface area contributed by atoms with Crippen molar-refractivity contribution in [3.63, 3.8) is 0 Å². The Morgan fingerprint density at radius 2 is 1.75 bits per heavy atom. The number of nitrogens with one attached hydrogen (secondary N) is 1. The Labute approximate surface area is 119 Å². The number of imide groups is 2. The van der Waals surface area contributed by atoms with E-state index in [-0.39, 0.29) is 17.7 Å². The van der Waals surface area contributed by atoms with Crippen LogP contribution in [-0.4, -0.2) is 29.3 Å². The molecule has 3 aliphatic rings. The number of nitrogens with zero attached hydrogens (tertiary/aromatic N) is 1. The van der Waals surface area contributed by atoms with Gasteiger partial charge in [0.15, 0.2) is 0 Å². The van der Waals surface area contributed by atoms with E-state index in [1.165, 1.54) is 17.7 Å². The molecular weight excluding hydrogens is 256 g/mol. The van der Waals surface area contributed by atoms with E-state index in [1.54, 1.807) is 0 Å². The summed E-state index contributed by atoms with van der Waals surface area (Å²) in [7, 11) is 0. The third-order valence-corrected chi connectivity index (χ3v) is 4.85. The van der Waals surface area contributed by atoms with Crippen LogP contribution in [0.5, 0.6) is 0 Å². The largest absolute Gasteiger partial charge is 0.330 e. The van der Waals surface area contributed by atoms with Crippen molar-refractivity contribution in [1.29, 1.82) is 0 Å². The summed E-state index contributed by atoms with van der Waals surface area (Å²) in [5.41, 5.74) is 0. The van der Waals surface area contributed by atoms with Crippen LogP contribution < -0.4 is 5.32 Å². The first-order chi connectivity index (χ1) is 9.66. The molecule has 0 aromatic carbocycles. The number of amides is 4. The minimum atomic E-state index is -0.629. The number of carbonyl (C=O) groups is 3. The van der Waals surface area contributed by atoms with Gasteiger partial charge in [-0.25, -0.2) is 4.79 Å². The van der Waals surface area contributed by atoms with Crippen LogP contribution in [0.1, 0.15) is 51.4 Å². The van der Waals surface area contributed by atoms with Gasteiger partial charge in [-0.3, -0.25) is 19.8 Å². The fourth-order valence-corrected chi connectivity index (χ4v) is 3.49. The highest BCUT2D eigenvalue weighted by Gasteiger charge is 2.45. The Morgan fingerprint density at radius 1 is 1.05 bits per heavy atom. The molecule has 5 heteroatoms. The molecule has 1 heterocycles. The van der Waals surface area contributed by atoms with Gasteiger partial charge in [0.05, 0.1) is 0 Å². The zero-order chi connectivity index (χ0) is 14.1. The highest BCUT2D eigenvalue weighted by Crippen LogP contribution is 2.35. The van der Waals surface area contributed by atoms with E-state index in [2.05, 4.69) is 5.32 Å². The van der Waals surface area contributed by atoms with E-state index in [0.717, 1.165) is 44.4 Å². The summed E-state index contributed by atoms with van der Waals surface area (Å²) >= 11 is 0. The first kappa shape index (κ1) is 13.6. The molecule has 1 N–H and O–H groups in total. The van der Waals surface area contributed by atoms with Gasteiger partial charge in [-0.2, -0.15) is 0 Å². The van der Waals surface area contributed by atoms with Crippen LogP contribution in [0.15, 0.2) is 0 Å². The van der Waals surface area contributed by atoms with Crippen molar-refractivity contribution in [1.82, 2.24) is 10.2 Å². The fraction of sp³-hybridized carbons (Fsp3) is 0.800. The van der Waals surface area contributed by atoms with Crippen LogP contribution in [0.2, 0.25) is 0 Å². The Bertz CT molecular complexity index is 425. The second-order valence-electron chi connectivity index (χ2n) is 6.39.